The lowest BCUT2D eigenvalue weighted by Crippen LogP contribution is -2.31. The van der Waals surface area contributed by atoms with E-state index < -0.39 is 6.04 Å². The fraction of sp³-hybridized carbons (Fsp3) is 0.0870. The molecule has 0 heterocycles. The molecule has 3 rings (SSSR count). The summed E-state index contributed by atoms with van der Waals surface area (Å²) in [5.41, 5.74) is 1.90. The summed E-state index contributed by atoms with van der Waals surface area (Å²) in [6.45, 7) is 0. The van der Waals surface area contributed by atoms with Crippen molar-refractivity contribution in [1.29, 1.82) is 5.26 Å². The van der Waals surface area contributed by atoms with Gasteiger partial charge in [-0.15, -0.1) is 0 Å². The van der Waals surface area contributed by atoms with E-state index in [0.29, 0.717) is 21.8 Å². The van der Waals surface area contributed by atoms with E-state index in [0.717, 1.165) is 5.56 Å². The molecular weight excluding hydrogens is 421 g/mol. The molecule has 2 amide bonds. The SMILES string of the molecule is N#Cc1ccc(NC(=O)CC(NC(=O)c2ccccc2Cl)c2ccccc2)cc1Cl. The summed E-state index contributed by atoms with van der Waals surface area (Å²) < 4.78 is 0. The van der Waals surface area contributed by atoms with Crippen LogP contribution in [0.15, 0.2) is 72.8 Å². The standard InChI is InChI=1S/C23H17Cl2N3O2/c24-19-9-5-4-8-18(19)23(30)28-21(15-6-2-1-3-7-15)13-22(29)27-17-11-10-16(14-26)20(25)12-17/h1-12,21H,13H2,(H,27,29)(H,28,30). The summed E-state index contributed by atoms with van der Waals surface area (Å²) in [4.78, 5) is 25.4. The molecule has 0 spiro atoms. The topological polar surface area (TPSA) is 82.0 Å². The number of nitriles is 1. The molecule has 150 valence electrons. The van der Waals surface area contributed by atoms with E-state index in [4.69, 9.17) is 28.5 Å². The highest BCUT2D eigenvalue weighted by molar-refractivity contribution is 6.33. The van der Waals surface area contributed by atoms with Crippen LogP contribution < -0.4 is 10.6 Å². The molecular formula is C23H17Cl2N3O2. The van der Waals surface area contributed by atoms with Crippen LogP contribution in [-0.4, -0.2) is 11.8 Å². The zero-order valence-electron chi connectivity index (χ0n) is 15.7. The minimum Gasteiger partial charge on any atom is -0.345 e. The Hall–Kier alpha value is -3.33. The maximum Gasteiger partial charge on any atom is 0.253 e. The van der Waals surface area contributed by atoms with Crippen molar-refractivity contribution in [3.63, 3.8) is 0 Å². The monoisotopic (exact) mass is 437 g/mol. The number of nitrogens with one attached hydrogen (secondary N) is 2. The molecule has 0 aliphatic rings. The number of halogens is 2. The van der Waals surface area contributed by atoms with Gasteiger partial charge >= 0.3 is 0 Å². The van der Waals surface area contributed by atoms with Crippen LogP contribution >= 0.6 is 23.2 Å². The summed E-state index contributed by atoms with van der Waals surface area (Å²) in [7, 11) is 0. The highest BCUT2D eigenvalue weighted by Gasteiger charge is 2.20. The van der Waals surface area contributed by atoms with Gasteiger partial charge in [-0.25, -0.2) is 0 Å². The van der Waals surface area contributed by atoms with Crippen LogP contribution in [0.1, 0.15) is 33.9 Å². The Balaban J connectivity index is 1.77. The van der Waals surface area contributed by atoms with Gasteiger partial charge in [0.25, 0.3) is 5.91 Å². The van der Waals surface area contributed by atoms with Crippen LogP contribution in [0, 0.1) is 11.3 Å². The van der Waals surface area contributed by atoms with Gasteiger partial charge in [0.1, 0.15) is 6.07 Å². The molecule has 30 heavy (non-hydrogen) atoms. The van der Waals surface area contributed by atoms with E-state index in [9.17, 15) is 9.59 Å². The third-order valence-electron chi connectivity index (χ3n) is 4.39. The van der Waals surface area contributed by atoms with Crippen molar-refractivity contribution >= 4 is 40.7 Å². The fourth-order valence-corrected chi connectivity index (χ4v) is 3.34. The zero-order valence-corrected chi connectivity index (χ0v) is 17.2. The largest absolute Gasteiger partial charge is 0.345 e. The van der Waals surface area contributed by atoms with E-state index in [-0.39, 0.29) is 23.3 Å². The first-order valence-electron chi connectivity index (χ1n) is 9.08. The van der Waals surface area contributed by atoms with Crippen molar-refractivity contribution in [2.24, 2.45) is 0 Å². The van der Waals surface area contributed by atoms with Crippen molar-refractivity contribution in [1.82, 2.24) is 5.32 Å². The highest BCUT2D eigenvalue weighted by Crippen LogP contribution is 2.23. The van der Waals surface area contributed by atoms with E-state index in [1.807, 2.05) is 36.4 Å². The molecule has 3 aromatic carbocycles. The lowest BCUT2D eigenvalue weighted by Gasteiger charge is -2.19. The van der Waals surface area contributed by atoms with Crippen LogP contribution in [0.5, 0.6) is 0 Å². The third-order valence-corrected chi connectivity index (χ3v) is 5.03. The van der Waals surface area contributed by atoms with E-state index in [1.54, 1.807) is 30.3 Å². The van der Waals surface area contributed by atoms with Crippen molar-refractivity contribution in [3.8, 4) is 6.07 Å². The number of carbonyl (C=O) groups excluding carboxylic acids is 2. The van der Waals surface area contributed by atoms with Crippen molar-refractivity contribution in [2.45, 2.75) is 12.5 Å². The molecule has 3 aromatic rings. The minimum atomic E-state index is -0.566. The second kappa shape index (κ2) is 9.93. The first kappa shape index (κ1) is 21.4. The van der Waals surface area contributed by atoms with Gasteiger partial charge in [0.05, 0.1) is 33.6 Å². The van der Waals surface area contributed by atoms with Crippen LogP contribution in [0.25, 0.3) is 0 Å². The number of amides is 2. The summed E-state index contributed by atoms with van der Waals surface area (Å²) in [5, 5.41) is 15.2. The van der Waals surface area contributed by atoms with Gasteiger partial charge < -0.3 is 10.6 Å². The average molecular weight is 438 g/mol. The van der Waals surface area contributed by atoms with Gasteiger partial charge in [0, 0.05) is 5.69 Å². The predicted octanol–water partition coefficient (Wildman–Crippen LogP) is 5.36. The number of benzene rings is 3. The third kappa shape index (κ3) is 5.38. The lowest BCUT2D eigenvalue weighted by molar-refractivity contribution is -0.116. The molecule has 0 aliphatic heterocycles. The van der Waals surface area contributed by atoms with Crippen molar-refractivity contribution < 1.29 is 9.59 Å². The van der Waals surface area contributed by atoms with Crippen molar-refractivity contribution in [2.75, 3.05) is 5.32 Å². The smallest absolute Gasteiger partial charge is 0.253 e. The van der Waals surface area contributed by atoms with Crippen LogP contribution in [0.4, 0.5) is 5.69 Å². The van der Waals surface area contributed by atoms with E-state index >= 15 is 0 Å². The Bertz CT molecular complexity index is 1110. The number of nitrogens with zero attached hydrogens (tertiary/aromatic N) is 1. The Kier molecular flexibility index (Phi) is 7.08. The lowest BCUT2D eigenvalue weighted by atomic mass is 10.0. The van der Waals surface area contributed by atoms with E-state index in [2.05, 4.69) is 10.6 Å². The summed E-state index contributed by atoms with van der Waals surface area (Å²) in [6.07, 6.45) is -0.00216. The average Bonchev–Trinajstić information content (AvgIpc) is 2.74. The number of rotatable bonds is 6. The summed E-state index contributed by atoms with van der Waals surface area (Å²) >= 11 is 12.1. The molecule has 0 saturated heterocycles. The van der Waals surface area contributed by atoms with Gasteiger partial charge in [-0.2, -0.15) is 5.26 Å². The normalized spacial score (nSPS) is 11.2. The summed E-state index contributed by atoms with van der Waals surface area (Å²) in [6, 6.07) is 22.0. The molecule has 0 saturated carbocycles. The molecule has 0 aromatic heterocycles. The molecule has 5 nitrogen and oxygen atoms in total. The minimum absolute atomic E-state index is 0.00216. The van der Waals surface area contributed by atoms with Crippen LogP contribution in [-0.2, 0) is 4.79 Å². The van der Waals surface area contributed by atoms with Crippen molar-refractivity contribution in [3.05, 3.63) is 99.5 Å². The van der Waals surface area contributed by atoms with Gasteiger partial charge in [-0.3, -0.25) is 9.59 Å². The predicted molar refractivity (Wildman–Crippen MR) is 118 cm³/mol. The molecule has 0 radical (unpaired) electrons. The second-order valence-corrected chi connectivity index (χ2v) is 7.29. The number of anilines is 1. The maximum atomic E-state index is 12.7. The maximum absolute atomic E-state index is 12.7. The second-order valence-electron chi connectivity index (χ2n) is 6.48. The fourth-order valence-electron chi connectivity index (χ4n) is 2.90. The molecule has 2 N–H and O–H groups in total. The Labute approximate surface area is 184 Å². The molecule has 7 heteroatoms. The number of hydrogen-bond acceptors (Lipinski definition) is 3. The molecule has 1 atom stereocenters. The Morgan fingerprint density at radius 1 is 0.933 bits per heavy atom. The Morgan fingerprint density at radius 2 is 1.63 bits per heavy atom. The van der Waals surface area contributed by atoms with Gasteiger partial charge in [0.2, 0.25) is 5.91 Å². The Morgan fingerprint density at radius 3 is 2.30 bits per heavy atom. The first-order chi connectivity index (χ1) is 14.5. The van der Waals surface area contributed by atoms with E-state index in [1.165, 1.54) is 12.1 Å². The quantitative estimate of drug-likeness (QED) is 0.543. The van der Waals surface area contributed by atoms with Crippen LogP contribution in [0.2, 0.25) is 10.0 Å². The van der Waals surface area contributed by atoms with Gasteiger partial charge in [-0.05, 0) is 35.9 Å². The highest BCUT2D eigenvalue weighted by atomic mass is 35.5. The summed E-state index contributed by atoms with van der Waals surface area (Å²) in [5.74, 6) is -0.687. The first-order valence-corrected chi connectivity index (χ1v) is 9.83. The molecule has 1 unspecified atom stereocenters. The number of hydrogen-bond donors (Lipinski definition) is 2. The van der Waals surface area contributed by atoms with Gasteiger partial charge in [-0.1, -0.05) is 65.7 Å². The molecule has 0 aliphatic carbocycles. The number of carbonyl (C=O) groups is 2. The molecule has 0 bridgehead atoms. The van der Waals surface area contributed by atoms with Crippen LogP contribution in [0.3, 0.4) is 0 Å². The van der Waals surface area contributed by atoms with Gasteiger partial charge in [0.15, 0.2) is 0 Å². The zero-order chi connectivity index (χ0) is 21.5. The molecule has 0 fully saturated rings.